The number of hydrogen-bond donors (Lipinski definition) is 0. The first-order valence-electron chi connectivity index (χ1n) is 19.9. The molecule has 0 saturated carbocycles. The van der Waals surface area contributed by atoms with Gasteiger partial charge >= 0.3 is 0 Å². The van der Waals surface area contributed by atoms with E-state index in [1.54, 1.807) is 0 Å². The topological polar surface area (TPSA) is 38.7 Å². The molecule has 1 aromatic heterocycles. The smallest absolute Gasteiger partial charge is 0.165 e. The molecule has 0 saturated heterocycles. The summed E-state index contributed by atoms with van der Waals surface area (Å²) in [6.45, 7) is 6.71. The van der Waals surface area contributed by atoms with Crippen LogP contribution in [0.15, 0.2) is 231 Å². The third-order valence-electron chi connectivity index (χ3n) is 10.6. The van der Waals surface area contributed by atoms with Crippen molar-refractivity contribution in [2.75, 3.05) is 0 Å². The number of allylic oxidation sites excluding steroid dienone is 6. The van der Waals surface area contributed by atoms with Gasteiger partial charge in [-0.15, -0.1) is 0 Å². The predicted octanol–water partition coefficient (Wildman–Crippen LogP) is 14.5. The van der Waals surface area contributed by atoms with E-state index in [2.05, 4.69) is 176 Å². The van der Waals surface area contributed by atoms with E-state index in [0.29, 0.717) is 17.5 Å². The summed E-state index contributed by atoms with van der Waals surface area (Å²) >= 11 is 0. The number of fused-ring (bicyclic) bond motifs is 2. The summed E-state index contributed by atoms with van der Waals surface area (Å²) in [5, 5.41) is 4.37. The van der Waals surface area contributed by atoms with Crippen molar-refractivity contribution in [1.82, 2.24) is 15.0 Å². The summed E-state index contributed by atoms with van der Waals surface area (Å²) in [5.41, 5.74) is 11.6. The highest BCUT2D eigenvalue weighted by atomic mass is 15.0. The van der Waals surface area contributed by atoms with Gasteiger partial charge in [0.2, 0.25) is 0 Å². The zero-order valence-electron chi connectivity index (χ0n) is 32.8. The molecule has 0 amide bonds. The Hall–Kier alpha value is -7.75. The highest BCUT2D eigenvalue weighted by molar-refractivity contribution is 6.21. The average Bonchev–Trinajstić information content (AvgIpc) is 3.31. The lowest BCUT2D eigenvalue weighted by Gasteiger charge is -2.20. The normalized spacial score (nSPS) is 11.4. The van der Waals surface area contributed by atoms with Crippen LogP contribution < -0.4 is 0 Å². The van der Waals surface area contributed by atoms with Crippen LogP contribution in [0.25, 0.3) is 78.0 Å². The second-order valence-corrected chi connectivity index (χ2v) is 14.4. The van der Waals surface area contributed by atoms with Crippen LogP contribution in [0.5, 0.6) is 0 Å². The van der Waals surface area contributed by atoms with Gasteiger partial charge in [-0.05, 0) is 79.1 Å². The number of rotatable bonds is 10. The maximum atomic E-state index is 5.22. The molecule has 9 rings (SSSR count). The summed E-state index contributed by atoms with van der Waals surface area (Å²) in [4.78, 5) is 15.4. The zero-order valence-corrected chi connectivity index (χ0v) is 32.8. The van der Waals surface area contributed by atoms with Crippen molar-refractivity contribution in [3.63, 3.8) is 0 Å². The fourth-order valence-corrected chi connectivity index (χ4v) is 7.95. The zero-order chi connectivity index (χ0) is 40.0. The fourth-order valence-electron chi connectivity index (χ4n) is 7.95. The molecule has 3 nitrogen and oxygen atoms in total. The second kappa shape index (κ2) is 16.8. The first-order chi connectivity index (χ1) is 29.2. The van der Waals surface area contributed by atoms with Gasteiger partial charge in [0, 0.05) is 16.7 Å². The van der Waals surface area contributed by atoms with Crippen molar-refractivity contribution in [2.45, 2.75) is 6.92 Å². The number of nitrogens with zero attached hydrogens (tertiary/aromatic N) is 3. The molecule has 0 atom stereocenters. The Labute approximate surface area is 345 Å². The van der Waals surface area contributed by atoms with E-state index in [0.717, 1.165) is 82.8 Å². The van der Waals surface area contributed by atoms with Crippen LogP contribution in [0.1, 0.15) is 23.6 Å². The summed E-state index contributed by atoms with van der Waals surface area (Å²) in [6.07, 6.45) is 8.25. The molecule has 0 aliphatic heterocycles. The van der Waals surface area contributed by atoms with E-state index in [-0.39, 0.29) is 0 Å². The summed E-state index contributed by atoms with van der Waals surface area (Å²) in [6, 6.07) is 67.8. The van der Waals surface area contributed by atoms with E-state index in [9.17, 15) is 0 Å². The van der Waals surface area contributed by atoms with Gasteiger partial charge < -0.3 is 0 Å². The minimum Gasteiger partial charge on any atom is -0.208 e. The van der Waals surface area contributed by atoms with Crippen LogP contribution in [0.3, 0.4) is 0 Å². The molecule has 9 aromatic rings. The maximum absolute atomic E-state index is 5.22. The number of benzene rings is 8. The molecule has 0 unspecified atom stereocenters. The monoisotopic (exact) mass is 755 g/mol. The average molecular weight is 756 g/mol. The lowest BCUT2D eigenvalue weighted by molar-refractivity contribution is 1.08. The van der Waals surface area contributed by atoms with Gasteiger partial charge in [-0.3, -0.25) is 0 Å². The largest absolute Gasteiger partial charge is 0.208 e. The van der Waals surface area contributed by atoms with Crippen molar-refractivity contribution in [3.8, 4) is 45.3 Å². The van der Waals surface area contributed by atoms with Gasteiger partial charge in [-0.2, -0.15) is 0 Å². The maximum Gasteiger partial charge on any atom is 0.165 e. The Morgan fingerprint density at radius 3 is 1.31 bits per heavy atom. The van der Waals surface area contributed by atoms with Crippen LogP contribution in [-0.2, 0) is 0 Å². The molecule has 59 heavy (non-hydrogen) atoms. The molecule has 1 heterocycles. The number of aromatic nitrogens is 3. The van der Waals surface area contributed by atoms with E-state index in [1.165, 1.54) is 0 Å². The Kier molecular flexibility index (Phi) is 10.5. The molecule has 0 N–H and O–H groups in total. The van der Waals surface area contributed by atoms with E-state index in [1.807, 2.05) is 55.5 Å². The van der Waals surface area contributed by atoms with Crippen molar-refractivity contribution < 1.29 is 0 Å². The summed E-state index contributed by atoms with van der Waals surface area (Å²) in [7, 11) is 0. The highest BCUT2D eigenvalue weighted by Crippen LogP contribution is 2.45. The van der Waals surface area contributed by atoms with Crippen LogP contribution in [0.4, 0.5) is 0 Å². The third kappa shape index (κ3) is 7.46. The quantitative estimate of drug-likeness (QED) is 0.0792. The molecular formula is C56H41N3. The molecule has 0 bridgehead atoms. The van der Waals surface area contributed by atoms with E-state index < -0.39 is 0 Å². The lowest BCUT2D eigenvalue weighted by atomic mass is 9.83. The van der Waals surface area contributed by atoms with Gasteiger partial charge in [0.25, 0.3) is 0 Å². The fraction of sp³-hybridized carbons (Fsp3) is 0.0179. The van der Waals surface area contributed by atoms with Gasteiger partial charge in [-0.25, -0.2) is 15.0 Å². The van der Waals surface area contributed by atoms with E-state index >= 15 is 0 Å². The molecule has 0 aliphatic carbocycles. The standard InChI is InChI=1S/C56H41N3/c1-3-4-9-23-39(2)50(51(40-24-10-5-11-25-40)41-26-12-6-13-27-41)44-32-22-33-45(38-44)52-46-34-18-20-36-48(46)53(49-37-21-19-35-47(49)52)56-58-54(42-28-14-7-15-29-42)57-55(59-56)43-30-16-8-17-31-43/h3-38H,2H2,1H3/b4-3-,23-9-. The minimum absolute atomic E-state index is 0.634. The van der Waals surface area contributed by atoms with E-state index in [4.69, 9.17) is 15.0 Å². The Morgan fingerprint density at radius 2 is 0.814 bits per heavy atom. The van der Waals surface area contributed by atoms with Crippen molar-refractivity contribution in [1.29, 1.82) is 0 Å². The van der Waals surface area contributed by atoms with Gasteiger partial charge in [0.1, 0.15) is 0 Å². The van der Waals surface area contributed by atoms with Gasteiger partial charge in [0.05, 0.1) is 0 Å². The lowest BCUT2D eigenvalue weighted by Crippen LogP contribution is -2.01. The van der Waals surface area contributed by atoms with Gasteiger partial charge in [-0.1, -0.05) is 219 Å². The molecule has 3 heteroatoms. The van der Waals surface area contributed by atoms with Crippen LogP contribution in [0.2, 0.25) is 0 Å². The van der Waals surface area contributed by atoms with Crippen molar-refractivity contribution in [2.24, 2.45) is 0 Å². The second-order valence-electron chi connectivity index (χ2n) is 14.4. The first kappa shape index (κ1) is 36.9. The predicted molar refractivity (Wildman–Crippen MR) is 248 cm³/mol. The summed E-state index contributed by atoms with van der Waals surface area (Å²) < 4.78 is 0. The molecule has 0 aliphatic rings. The Morgan fingerprint density at radius 1 is 0.407 bits per heavy atom. The third-order valence-corrected chi connectivity index (χ3v) is 10.6. The van der Waals surface area contributed by atoms with Gasteiger partial charge in [0.15, 0.2) is 17.5 Å². The first-order valence-corrected chi connectivity index (χ1v) is 19.9. The van der Waals surface area contributed by atoms with Crippen molar-refractivity contribution in [3.05, 3.63) is 247 Å². The number of hydrogen-bond acceptors (Lipinski definition) is 3. The Bertz CT molecular complexity index is 2880. The minimum atomic E-state index is 0.634. The van der Waals surface area contributed by atoms with Crippen molar-refractivity contribution >= 4 is 32.7 Å². The molecule has 0 radical (unpaired) electrons. The molecule has 8 aromatic carbocycles. The molecule has 0 fully saturated rings. The molecular weight excluding hydrogens is 715 g/mol. The summed E-state index contributed by atoms with van der Waals surface area (Å²) in [5.74, 6) is 1.90. The van der Waals surface area contributed by atoms with Crippen LogP contribution in [-0.4, -0.2) is 15.0 Å². The Balaban J connectivity index is 1.31. The highest BCUT2D eigenvalue weighted by Gasteiger charge is 2.22. The molecule has 280 valence electrons. The SMILES string of the molecule is C=C(/C=C\C=C/C)C(=C(c1ccccc1)c1ccccc1)c1cccc(-c2c3ccccc3c(-c3nc(-c4ccccc4)nc(-c4ccccc4)n3)c3ccccc23)c1. The van der Waals surface area contributed by atoms with Crippen LogP contribution in [0, 0.1) is 0 Å². The molecule has 0 spiro atoms. The van der Waals surface area contributed by atoms with Crippen LogP contribution >= 0.6 is 0 Å².